The first kappa shape index (κ1) is 16.7. The number of phosphoric ester groups is 1. The van der Waals surface area contributed by atoms with Gasteiger partial charge in [0.25, 0.3) is 0 Å². The summed E-state index contributed by atoms with van der Waals surface area (Å²) in [6, 6.07) is 7.53. The highest BCUT2D eigenvalue weighted by Crippen LogP contribution is 2.35. The summed E-state index contributed by atoms with van der Waals surface area (Å²) in [5.41, 5.74) is 0.806. The van der Waals surface area contributed by atoms with Gasteiger partial charge in [0.1, 0.15) is 6.29 Å². The van der Waals surface area contributed by atoms with Gasteiger partial charge in [0.05, 0.1) is 17.7 Å². The lowest BCUT2D eigenvalue weighted by molar-refractivity contribution is -0.111. The zero-order valence-corrected chi connectivity index (χ0v) is 12.6. The normalized spacial score (nSPS) is 20.5. The van der Waals surface area contributed by atoms with Crippen molar-refractivity contribution in [3.63, 3.8) is 0 Å². The minimum Gasteiger partial charge on any atom is -0.313 e. The van der Waals surface area contributed by atoms with Crippen molar-refractivity contribution >= 4 is 32.1 Å². The van der Waals surface area contributed by atoms with Gasteiger partial charge in [-0.1, -0.05) is 30.4 Å². The van der Waals surface area contributed by atoms with Crippen LogP contribution >= 0.6 is 7.82 Å². The molecule has 1 heterocycles. The van der Waals surface area contributed by atoms with E-state index >= 15 is 0 Å². The van der Waals surface area contributed by atoms with Crippen molar-refractivity contribution in [3.8, 4) is 0 Å². The van der Waals surface area contributed by atoms with E-state index in [0.717, 1.165) is 17.5 Å². The molecule has 0 bridgehead atoms. The number of carbonyl (C=O) groups excluding carboxylic acids is 1. The molecule has 0 aromatic heterocycles. The second-order valence-electron chi connectivity index (χ2n) is 4.88. The van der Waals surface area contributed by atoms with Crippen molar-refractivity contribution in [2.75, 3.05) is 19.7 Å². The highest BCUT2D eigenvalue weighted by atomic mass is 31.2. The third kappa shape index (κ3) is 4.69. The van der Waals surface area contributed by atoms with Crippen LogP contribution in [0.3, 0.4) is 0 Å². The first-order valence-corrected chi connectivity index (χ1v) is 8.18. The number of fused-ring (bicyclic) bond motifs is 1. The van der Waals surface area contributed by atoms with Gasteiger partial charge in [0.2, 0.25) is 0 Å². The Kier molecular flexibility index (Phi) is 5.39. The first-order valence-electron chi connectivity index (χ1n) is 6.65. The lowest BCUT2D eigenvalue weighted by Gasteiger charge is -2.19. The molecule has 1 atom stereocenters. The van der Waals surface area contributed by atoms with E-state index in [0.29, 0.717) is 0 Å². The summed E-state index contributed by atoms with van der Waals surface area (Å²) in [5.74, 6) is 0. The van der Waals surface area contributed by atoms with Crippen LogP contribution in [0.5, 0.6) is 0 Å². The topological polar surface area (TPSA) is 108 Å². The zero-order valence-electron chi connectivity index (χ0n) is 11.8. The standard InChI is InChI=1S/C14H17N2O5P/c17-11-14(9-15-7-8-21-22(18,19)20)6-5-12-3-1-2-4-13(12)16-10-14/h1-6,10-11,15H,7-9H2,(H2,18,19,20). The minimum absolute atomic E-state index is 0.152. The summed E-state index contributed by atoms with van der Waals surface area (Å²) < 4.78 is 14.9. The second kappa shape index (κ2) is 7.09. The Morgan fingerprint density at radius 3 is 2.86 bits per heavy atom. The fourth-order valence-corrected chi connectivity index (χ4v) is 2.31. The van der Waals surface area contributed by atoms with Crippen molar-refractivity contribution in [3.05, 3.63) is 35.9 Å². The summed E-state index contributed by atoms with van der Waals surface area (Å²) in [5, 5.41) is 2.93. The Bertz CT molecular complexity index is 605. The SMILES string of the molecule is O=CC1(CNCCOP(=O)(O)O)C=Cc2ccccc2N=C1. The van der Waals surface area contributed by atoms with Gasteiger partial charge in [-0.25, -0.2) is 4.57 Å². The Morgan fingerprint density at radius 2 is 2.14 bits per heavy atom. The van der Waals surface area contributed by atoms with Gasteiger partial charge in [-0.05, 0) is 11.6 Å². The van der Waals surface area contributed by atoms with Crippen LogP contribution in [0.1, 0.15) is 5.56 Å². The van der Waals surface area contributed by atoms with Crippen LogP contribution in [-0.4, -0.2) is 42.0 Å². The molecule has 8 heteroatoms. The number of rotatable bonds is 7. The molecule has 7 nitrogen and oxygen atoms in total. The number of nitrogens with one attached hydrogen (secondary N) is 1. The maximum Gasteiger partial charge on any atom is 0.469 e. The first-order chi connectivity index (χ1) is 10.4. The van der Waals surface area contributed by atoms with E-state index in [1.54, 1.807) is 12.3 Å². The molecule has 0 saturated heterocycles. The van der Waals surface area contributed by atoms with Gasteiger partial charge < -0.3 is 19.9 Å². The summed E-state index contributed by atoms with van der Waals surface area (Å²) >= 11 is 0. The fourth-order valence-electron chi connectivity index (χ4n) is 1.98. The van der Waals surface area contributed by atoms with Crippen LogP contribution in [0.2, 0.25) is 0 Å². The molecule has 1 aromatic rings. The number of hydrogen-bond donors (Lipinski definition) is 3. The average Bonchev–Trinajstić information content (AvgIpc) is 2.67. The van der Waals surface area contributed by atoms with Crippen LogP contribution in [0.15, 0.2) is 35.3 Å². The molecular weight excluding hydrogens is 307 g/mol. The average molecular weight is 324 g/mol. The van der Waals surface area contributed by atoms with Crippen molar-refractivity contribution in [1.82, 2.24) is 5.32 Å². The van der Waals surface area contributed by atoms with Crippen molar-refractivity contribution in [1.29, 1.82) is 0 Å². The molecule has 1 aromatic carbocycles. The van der Waals surface area contributed by atoms with E-state index in [2.05, 4.69) is 14.8 Å². The molecular formula is C14H17N2O5P. The number of benzene rings is 1. The molecule has 1 aliphatic heterocycles. The van der Waals surface area contributed by atoms with Crippen LogP contribution in [-0.2, 0) is 13.9 Å². The predicted molar refractivity (Wildman–Crippen MR) is 83.0 cm³/mol. The van der Waals surface area contributed by atoms with Gasteiger partial charge in [-0.15, -0.1) is 0 Å². The molecule has 3 N–H and O–H groups in total. The maximum absolute atomic E-state index is 11.5. The minimum atomic E-state index is -4.46. The van der Waals surface area contributed by atoms with Crippen LogP contribution < -0.4 is 5.32 Å². The molecule has 1 aliphatic rings. The Morgan fingerprint density at radius 1 is 1.36 bits per heavy atom. The lowest BCUT2D eigenvalue weighted by atomic mass is 9.90. The number of nitrogens with zero attached hydrogens (tertiary/aromatic N) is 1. The quantitative estimate of drug-likeness (QED) is 0.396. The number of carbonyl (C=O) groups is 1. The molecule has 0 radical (unpaired) electrons. The van der Waals surface area contributed by atoms with Crippen LogP contribution in [0, 0.1) is 5.41 Å². The maximum atomic E-state index is 11.5. The highest BCUT2D eigenvalue weighted by molar-refractivity contribution is 7.46. The summed E-state index contributed by atoms with van der Waals surface area (Å²) in [6.07, 6.45) is 5.95. The number of hydrogen-bond acceptors (Lipinski definition) is 5. The van der Waals surface area contributed by atoms with Gasteiger partial charge >= 0.3 is 7.82 Å². The smallest absolute Gasteiger partial charge is 0.313 e. The Hall–Kier alpha value is -1.63. The molecule has 118 valence electrons. The Labute approximate surface area is 128 Å². The summed E-state index contributed by atoms with van der Waals surface area (Å²) in [4.78, 5) is 33.0. The largest absolute Gasteiger partial charge is 0.469 e. The molecule has 0 fully saturated rings. The van der Waals surface area contributed by atoms with E-state index in [-0.39, 0.29) is 19.7 Å². The monoisotopic (exact) mass is 324 g/mol. The number of phosphoric acid groups is 1. The molecule has 0 spiro atoms. The highest BCUT2D eigenvalue weighted by Gasteiger charge is 2.26. The van der Waals surface area contributed by atoms with Gasteiger partial charge in [-0.2, -0.15) is 0 Å². The van der Waals surface area contributed by atoms with Gasteiger partial charge in [-0.3, -0.25) is 9.52 Å². The van der Waals surface area contributed by atoms with E-state index in [9.17, 15) is 9.36 Å². The van der Waals surface area contributed by atoms with E-state index < -0.39 is 13.2 Å². The fraction of sp³-hybridized carbons (Fsp3) is 0.286. The van der Waals surface area contributed by atoms with Crippen LogP contribution in [0.4, 0.5) is 5.69 Å². The van der Waals surface area contributed by atoms with E-state index in [4.69, 9.17) is 9.79 Å². The molecule has 0 aliphatic carbocycles. The van der Waals surface area contributed by atoms with Crippen molar-refractivity contribution < 1.29 is 23.7 Å². The number of para-hydroxylation sites is 1. The second-order valence-corrected chi connectivity index (χ2v) is 6.12. The van der Waals surface area contributed by atoms with E-state index in [1.807, 2.05) is 30.3 Å². The van der Waals surface area contributed by atoms with Crippen molar-refractivity contribution in [2.45, 2.75) is 0 Å². The molecule has 0 saturated carbocycles. The third-order valence-electron chi connectivity index (χ3n) is 3.14. The van der Waals surface area contributed by atoms with Crippen LogP contribution in [0.25, 0.3) is 6.08 Å². The lowest BCUT2D eigenvalue weighted by Crippen LogP contribution is -2.36. The van der Waals surface area contributed by atoms with Crippen molar-refractivity contribution in [2.24, 2.45) is 10.4 Å². The summed E-state index contributed by atoms with van der Waals surface area (Å²) in [7, 11) is -4.46. The molecule has 2 rings (SSSR count). The molecule has 22 heavy (non-hydrogen) atoms. The zero-order chi connectivity index (χ0) is 16.1. The summed E-state index contributed by atoms with van der Waals surface area (Å²) in [6.45, 7) is 0.310. The molecule has 1 unspecified atom stereocenters. The number of aliphatic imine (C=N–C) groups is 1. The van der Waals surface area contributed by atoms with E-state index in [1.165, 1.54) is 0 Å². The number of aldehydes is 1. The molecule has 0 amide bonds. The van der Waals surface area contributed by atoms with Gasteiger partial charge in [0.15, 0.2) is 0 Å². The Balaban J connectivity index is 1.97. The third-order valence-corrected chi connectivity index (χ3v) is 3.66. The predicted octanol–water partition coefficient (Wildman–Crippen LogP) is 1.30. The van der Waals surface area contributed by atoms with Gasteiger partial charge in [0, 0.05) is 19.3 Å².